The van der Waals surface area contributed by atoms with Crippen molar-refractivity contribution in [3.8, 4) is 17.2 Å². The van der Waals surface area contributed by atoms with E-state index in [4.69, 9.17) is 14.2 Å². The zero-order valence-electron chi connectivity index (χ0n) is 18.7. The Morgan fingerprint density at radius 2 is 1.88 bits per heavy atom. The number of halogens is 1. The minimum atomic E-state index is -0.0359. The van der Waals surface area contributed by atoms with Crippen LogP contribution in [0.3, 0.4) is 0 Å². The van der Waals surface area contributed by atoms with E-state index in [1.807, 2.05) is 10.6 Å². The van der Waals surface area contributed by atoms with Crippen LogP contribution in [0.5, 0.6) is 17.2 Å². The molecule has 10 heteroatoms. The van der Waals surface area contributed by atoms with Gasteiger partial charge in [0, 0.05) is 37.5 Å². The van der Waals surface area contributed by atoms with Crippen LogP contribution in [0.2, 0.25) is 0 Å². The number of pyridine rings is 3. The number of ether oxygens (including phenoxy) is 3. The summed E-state index contributed by atoms with van der Waals surface area (Å²) in [7, 11) is 0. The van der Waals surface area contributed by atoms with Crippen LogP contribution < -0.4 is 25.1 Å². The summed E-state index contributed by atoms with van der Waals surface area (Å²) in [4.78, 5) is 24.2. The Hall–Kier alpha value is -2.69. The van der Waals surface area contributed by atoms with E-state index in [9.17, 15) is 4.79 Å². The molecule has 6 heterocycles. The average Bonchev–Trinajstić information content (AvgIpc) is 2.87. The standard InChI is InChI=1S/C24H26BrN5O4/c25-18-11-28-19-1-2-22(31)30-17(14-34-24(18)23(19)30)13-29-5-3-15(4-6-29)26-10-16-9-20-21(12-27-16)33-8-7-32-20/h1-2,9,11-12,15,17,26H,3-8,10,13-14H2/t17-/m1/s1. The summed E-state index contributed by atoms with van der Waals surface area (Å²) in [6, 6.07) is 5.73. The molecular formula is C24H26BrN5O4. The number of aromatic nitrogens is 3. The number of nitrogens with zero attached hydrogens (tertiary/aromatic N) is 4. The van der Waals surface area contributed by atoms with Crippen molar-refractivity contribution in [3.63, 3.8) is 0 Å². The molecule has 1 atom stereocenters. The Labute approximate surface area is 205 Å². The number of piperidine rings is 1. The third-order valence-electron chi connectivity index (χ3n) is 6.75. The van der Waals surface area contributed by atoms with Gasteiger partial charge in [-0.2, -0.15) is 0 Å². The van der Waals surface area contributed by atoms with Crippen LogP contribution in [-0.2, 0) is 6.54 Å². The molecular weight excluding hydrogens is 502 g/mol. The van der Waals surface area contributed by atoms with Crippen molar-refractivity contribution in [2.45, 2.75) is 31.5 Å². The molecule has 3 aliphatic heterocycles. The zero-order valence-corrected chi connectivity index (χ0v) is 20.3. The molecule has 0 aromatic carbocycles. The molecule has 6 rings (SSSR count). The summed E-state index contributed by atoms with van der Waals surface area (Å²) in [5, 5.41) is 3.63. The molecule has 0 amide bonds. The van der Waals surface area contributed by atoms with E-state index in [1.165, 1.54) is 0 Å². The monoisotopic (exact) mass is 527 g/mol. The van der Waals surface area contributed by atoms with Crippen LogP contribution in [0, 0.1) is 0 Å². The molecule has 3 aliphatic rings. The molecule has 0 unspecified atom stereocenters. The number of hydrogen-bond acceptors (Lipinski definition) is 8. The van der Waals surface area contributed by atoms with E-state index >= 15 is 0 Å². The van der Waals surface area contributed by atoms with Crippen LogP contribution in [0.25, 0.3) is 11.0 Å². The third kappa shape index (κ3) is 4.14. The van der Waals surface area contributed by atoms with Gasteiger partial charge in [0.2, 0.25) is 0 Å². The summed E-state index contributed by atoms with van der Waals surface area (Å²) in [6.07, 6.45) is 5.56. The normalized spacial score (nSPS) is 20.3. The Morgan fingerprint density at radius 3 is 2.74 bits per heavy atom. The molecule has 1 N–H and O–H groups in total. The van der Waals surface area contributed by atoms with E-state index in [1.54, 1.807) is 24.5 Å². The van der Waals surface area contributed by atoms with Gasteiger partial charge >= 0.3 is 0 Å². The van der Waals surface area contributed by atoms with Gasteiger partial charge in [-0.15, -0.1) is 0 Å². The lowest BCUT2D eigenvalue weighted by molar-refractivity contribution is 0.139. The molecule has 1 fully saturated rings. The van der Waals surface area contributed by atoms with Crippen LogP contribution >= 0.6 is 15.9 Å². The van der Waals surface area contributed by atoms with Crippen LogP contribution in [-0.4, -0.2) is 64.9 Å². The summed E-state index contributed by atoms with van der Waals surface area (Å²) in [5.74, 6) is 2.20. The maximum absolute atomic E-state index is 12.8. The average molecular weight is 528 g/mol. The van der Waals surface area contributed by atoms with E-state index in [0.717, 1.165) is 65.2 Å². The first kappa shape index (κ1) is 21.8. The minimum absolute atomic E-state index is 0.00886. The quantitative estimate of drug-likeness (QED) is 0.541. The van der Waals surface area contributed by atoms with Crippen LogP contribution in [0.15, 0.2) is 39.9 Å². The van der Waals surface area contributed by atoms with Gasteiger partial charge in [0.15, 0.2) is 17.2 Å². The summed E-state index contributed by atoms with van der Waals surface area (Å²) < 4.78 is 19.9. The van der Waals surface area contributed by atoms with Gasteiger partial charge in [-0.25, -0.2) is 0 Å². The first-order valence-electron chi connectivity index (χ1n) is 11.7. The molecule has 0 radical (unpaired) electrons. The van der Waals surface area contributed by atoms with E-state index in [0.29, 0.717) is 38.2 Å². The van der Waals surface area contributed by atoms with E-state index in [2.05, 4.69) is 36.1 Å². The largest absolute Gasteiger partial charge is 0.488 e. The SMILES string of the molecule is O=c1ccc2ncc(Br)c3c2n1[C@H](CN1CCC(NCc2cc4c(cn2)OCCO4)CC1)CO3. The van der Waals surface area contributed by atoms with Gasteiger partial charge in [-0.3, -0.25) is 19.3 Å². The lowest BCUT2D eigenvalue weighted by Gasteiger charge is -2.36. The van der Waals surface area contributed by atoms with E-state index in [-0.39, 0.29) is 11.6 Å². The van der Waals surface area contributed by atoms with E-state index < -0.39 is 0 Å². The topological polar surface area (TPSA) is 90.7 Å². The molecule has 9 nitrogen and oxygen atoms in total. The van der Waals surface area contributed by atoms with Crippen molar-refractivity contribution in [2.24, 2.45) is 0 Å². The lowest BCUT2D eigenvalue weighted by Crippen LogP contribution is -2.46. The van der Waals surface area contributed by atoms with Gasteiger partial charge in [-0.1, -0.05) is 0 Å². The van der Waals surface area contributed by atoms with Gasteiger partial charge in [0.05, 0.1) is 27.9 Å². The van der Waals surface area contributed by atoms with Crippen molar-refractivity contribution < 1.29 is 14.2 Å². The summed E-state index contributed by atoms with van der Waals surface area (Å²) in [5.41, 5.74) is 2.50. The Bertz CT molecular complexity index is 1270. The molecule has 0 spiro atoms. The van der Waals surface area contributed by atoms with Crippen LogP contribution in [0.1, 0.15) is 24.6 Å². The fourth-order valence-electron chi connectivity index (χ4n) is 5.01. The minimum Gasteiger partial charge on any atom is -0.488 e. The second-order valence-electron chi connectivity index (χ2n) is 8.95. The fraction of sp³-hybridized carbons (Fsp3) is 0.458. The Balaban J connectivity index is 1.07. The summed E-state index contributed by atoms with van der Waals surface area (Å²) >= 11 is 3.51. The number of likely N-dealkylation sites (tertiary alicyclic amines) is 1. The maximum Gasteiger partial charge on any atom is 0.251 e. The first-order valence-corrected chi connectivity index (χ1v) is 12.5. The second kappa shape index (κ2) is 9.16. The molecule has 0 bridgehead atoms. The smallest absolute Gasteiger partial charge is 0.251 e. The number of rotatable bonds is 5. The predicted octanol–water partition coefficient (Wildman–Crippen LogP) is 2.51. The third-order valence-corrected chi connectivity index (χ3v) is 7.32. The fourth-order valence-corrected chi connectivity index (χ4v) is 5.42. The van der Waals surface area contributed by atoms with Gasteiger partial charge in [-0.05, 0) is 47.9 Å². The van der Waals surface area contributed by atoms with Gasteiger partial charge < -0.3 is 24.4 Å². The Morgan fingerprint density at radius 1 is 1.06 bits per heavy atom. The van der Waals surface area contributed by atoms with Crippen molar-refractivity contribution >= 4 is 27.0 Å². The maximum atomic E-state index is 12.8. The highest BCUT2D eigenvalue weighted by atomic mass is 79.9. The molecule has 1 saturated heterocycles. The second-order valence-corrected chi connectivity index (χ2v) is 9.80. The van der Waals surface area contributed by atoms with Crippen molar-refractivity contribution in [3.05, 3.63) is 51.1 Å². The highest BCUT2D eigenvalue weighted by Gasteiger charge is 2.29. The van der Waals surface area contributed by atoms with Crippen molar-refractivity contribution in [1.29, 1.82) is 0 Å². The molecule has 0 aliphatic carbocycles. The van der Waals surface area contributed by atoms with Crippen molar-refractivity contribution in [2.75, 3.05) is 39.5 Å². The predicted molar refractivity (Wildman–Crippen MR) is 130 cm³/mol. The van der Waals surface area contributed by atoms with Crippen LogP contribution in [0.4, 0.5) is 0 Å². The number of hydrogen-bond donors (Lipinski definition) is 1. The number of fused-ring (bicyclic) bond motifs is 1. The van der Waals surface area contributed by atoms with Gasteiger partial charge in [0.1, 0.15) is 25.3 Å². The molecule has 3 aromatic heterocycles. The molecule has 34 heavy (non-hydrogen) atoms. The Kier molecular flexibility index (Phi) is 5.88. The summed E-state index contributed by atoms with van der Waals surface area (Å²) in [6.45, 7) is 5.04. The number of nitrogens with one attached hydrogen (secondary N) is 1. The molecule has 3 aromatic rings. The lowest BCUT2D eigenvalue weighted by atomic mass is 10.0. The highest BCUT2D eigenvalue weighted by molar-refractivity contribution is 9.10. The zero-order chi connectivity index (χ0) is 23.1. The first-order chi connectivity index (χ1) is 16.7. The van der Waals surface area contributed by atoms with Crippen molar-refractivity contribution in [1.82, 2.24) is 24.8 Å². The van der Waals surface area contributed by atoms with Gasteiger partial charge in [0.25, 0.3) is 5.56 Å². The molecule has 0 saturated carbocycles. The molecule has 178 valence electrons. The highest BCUT2D eigenvalue weighted by Crippen LogP contribution is 2.36.